The highest BCUT2D eigenvalue weighted by Crippen LogP contribution is 2.25. The third kappa shape index (κ3) is 3.58. The van der Waals surface area contributed by atoms with E-state index in [-0.39, 0.29) is 11.3 Å². The number of hydrogen-bond donors (Lipinski definition) is 2. The van der Waals surface area contributed by atoms with E-state index >= 15 is 0 Å². The number of hydrogen-bond acceptors (Lipinski definition) is 4. The predicted octanol–water partition coefficient (Wildman–Crippen LogP) is 2.67. The van der Waals surface area contributed by atoms with E-state index in [1.165, 1.54) is 12.1 Å². The zero-order chi connectivity index (χ0) is 13.5. The normalized spacial score (nSPS) is 10.5. The van der Waals surface area contributed by atoms with Crippen LogP contribution in [0.4, 0.5) is 11.4 Å². The number of benzene rings is 1. The molecule has 0 saturated carbocycles. The number of rotatable bonds is 6. The average Bonchev–Trinajstić information content (AvgIpc) is 2.34. The summed E-state index contributed by atoms with van der Waals surface area (Å²) in [7, 11) is 0. The molecule has 0 aliphatic carbocycles. The standard InChI is InChI=1S/C12H14N2O4/c1-2-3-4-7-13-10-6-5-9(12(15)16)8-11(10)14(17)18/h2-3,5-6,8,13H,4,7H2,1H3,(H,15,16)/b3-2+. The molecular formula is C12H14N2O4. The second-order valence-electron chi connectivity index (χ2n) is 3.58. The molecule has 0 saturated heterocycles. The van der Waals surface area contributed by atoms with E-state index in [1.807, 2.05) is 19.1 Å². The molecule has 96 valence electrons. The van der Waals surface area contributed by atoms with Crippen LogP contribution in [0.1, 0.15) is 23.7 Å². The van der Waals surface area contributed by atoms with Crippen LogP contribution in [0.25, 0.3) is 0 Å². The molecular weight excluding hydrogens is 236 g/mol. The second kappa shape index (κ2) is 6.39. The van der Waals surface area contributed by atoms with Crippen LogP contribution in [0, 0.1) is 10.1 Å². The average molecular weight is 250 g/mol. The lowest BCUT2D eigenvalue weighted by molar-refractivity contribution is -0.384. The Balaban J connectivity index is 2.90. The highest BCUT2D eigenvalue weighted by Gasteiger charge is 2.16. The zero-order valence-corrected chi connectivity index (χ0v) is 9.92. The molecule has 1 aromatic rings. The van der Waals surface area contributed by atoms with Crippen molar-refractivity contribution < 1.29 is 14.8 Å². The first-order valence-corrected chi connectivity index (χ1v) is 5.43. The molecule has 0 unspecified atom stereocenters. The molecule has 0 amide bonds. The maximum atomic E-state index is 10.8. The molecule has 0 heterocycles. The van der Waals surface area contributed by atoms with Crippen LogP contribution in [0.5, 0.6) is 0 Å². The van der Waals surface area contributed by atoms with Crippen molar-refractivity contribution in [3.8, 4) is 0 Å². The van der Waals surface area contributed by atoms with Crippen molar-refractivity contribution in [1.29, 1.82) is 0 Å². The first-order valence-electron chi connectivity index (χ1n) is 5.43. The fourth-order valence-electron chi connectivity index (χ4n) is 1.42. The van der Waals surface area contributed by atoms with Crippen molar-refractivity contribution in [2.24, 2.45) is 0 Å². The maximum Gasteiger partial charge on any atom is 0.335 e. The summed E-state index contributed by atoms with van der Waals surface area (Å²) in [5.74, 6) is -1.18. The van der Waals surface area contributed by atoms with Gasteiger partial charge in [0.2, 0.25) is 0 Å². The summed E-state index contributed by atoms with van der Waals surface area (Å²) < 4.78 is 0. The first kappa shape index (κ1) is 13.7. The molecule has 6 heteroatoms. The number of carboxylic acid groups (broad SMARTS) is 1. The summed E-state index contributed by atoms with van der Waals surface area (Å²) in [4.78, 5) is 21.0. The van der Waals surface area contributed by atoms with Crippen LogP contribution in [-0.4, -0.2) is 22.5 Å². The van der Waals surface area contributed by atoms with Crippen LogP contribution in [0.15, 0.2) is 30.4 Å². The monoisotopic (exact) mass is 250 g/mol. The van der Waals surface area contributed by atoms with E-state index in [0.717, 1.165) is 12.5 Å². The fourth-order valence-corrected chi connectivity index (χ4v) is 1.42. The summed E-state index contributed by atoms with van der Waals surface area (Å²) in [5, 5.41) is 22.5. The Bertz CT molecular complexity index is 483. The molecule has 0 fully saturated rings. The van der Waals surface area contributed by atoms with Crippen molar-refractivity contribution in [2.75, 3.05) is 11.9 Å². The van der Waals surface area contributed by atoms with Gasteiger partial charge < -0.3 is 10.4 Å². The quantitative estimate of drug-likeness (QED) is 0.350. The van der Waals surface area contributed by atoms with Gasteiger partial charge in [-0.1, -0.05) is 12.2 Å². The predicted molar refractivity (Wildman–Crippen MR) is 68.0 cm³/mol. The minimum absolute atomic E-state index is 0.0966. The van der Waals surface area contributed by atoms with Crippen molar-refractivity contribution in [3.63, 3.8) is 0 Å². The van der Waals surface area contributed by atoms with Gasteiger partial charge in [-0.05, 0) is 25.5 Å². The van der Waals surface area contributed by atoms with Crippen molar-refractivity contribution in [3.05, 3.63) is 46.0 Å². The number of nitrogens with one attached hydrogen (secondary N) is 1. The molecule has 0 atom stereocenters. The van der Waals surface area contributed by atoms with Gasteiger partial charge in [-0.3, -0.25) is 10.1 Å². The number of anilines is 1. The topological polar surface area (TPSA) is 92.5 Å². The van der Waals surface area contributed by atoms with E-state index in [1.54, 1.807) is 0 Å². The molecule has 18 heavy (non-hydrogen) atoms. The molecule has 0 bridgehead atoms. The highest BCUT2D eigenvalue weighted by molar-refractivity contribution is 5.89. The van der Waals surface area contributed by atoms with E-state index in [4.69, 9.17) is 5.11 Å². The van der Waals surface area contributed by atoms with E-state index < -0.39 is 10.9 Å². The van der Waals surface area contributed by atoms with Gasteiger partial charge in [0, 0.05) is 12.6 Å². The molecule has 0 aliphatic heterocycles. The van der Waals surface area contributed by atoms with E-state index in [2.05, 4.69) is 5.32 Å². The van der Waals surface area contributed by atoms with Crippen molar-refractivity contribution in [2.45, 2.75) is 13.3 Å². The third-order valence-corrected chi connectivity index (χ3v) is 2.30. The second-order valence-corrected chi connectivity index (χ2v) is 3.58. The number of nitrogens with zero attached hydrogens (tertiary/aromatic N) is 1. The summed E-state index contributed by atoms with van der Waals surface area (Å²) in [6.45, 7) is 2.45. The summed E-state index contributed by atoms with van der Waals surface area (Å²) in [6.07, 6.45) is 4.57. The molecule has 0 aromatic heterocycles. The maximum absolute atomic E-state index is 10.8. The smallest absolute Gasteiger partial charge is 0.335 e. The van der Waals surface area contributed by atoms with Gasteiger partial charge in [-0.25, -0.2) is 4.79 Å². The number of aromatic carboxylic acids is 1. The van der Waals surface area contributed by atoms with E-state index in [9.17, 15) is 14.9 Å². The largest absolute Gasteiger partial charge is 0.478 e. The van der Waals surface area contributed by atoms with Gasteiger partial charge in [-0.2, -0.15) is 0 Å². The minimum atomic E-state index is -1.18. The Kier molecular flexibility index (Phi) is 4.86. The zero-order valence-electron chi connectivity index (χ0n) is 9.92. The first-order chi connectivity index (χ1) is 8.56. The van der Waals surface area contributed by atoms with Gasteiger partial charge in [0.05, 0.1) is 10.5 Å². The molecule has 0 aliphatic rings. The molecule has 1 rings (SSSR count). The van der Waals surface area contributed by atoms with Crippen LogP contribution in [0.3, 0.4) is 0 Å². The highest BCUT2D eigenvalue weighted by atomic mass is 16.6. The molecule has 1 aromatic carbocycles. The lowest BCUT2D eigenvalue weighted by Crippen LogP contribution is -2.05. The molecule has 0 radical (unpaired) electrons. The van der Waals surface area contributed by atoms with Crippen LogP contribution >= 0.6 is 0 Å². The van der Waals surface area contributed by atoms with Gasteiger partial charge in [0.25, 0.3) is 5.69 Å². The fraction of sp³-hybridized carbons (Fsp3) is 0.250. The Labute approximate surface area is 104 Å². The summed E-state index contributed by atoms with van der Waals surface area (Å²) in [5.41, 5.74) is 0.00517. The Morgan fingerprint density at radius 2 is 2.28 bits per heavy atom. The number of nitro benzene ring substituents is 1. The molecule has 0 spiro atoms. The van der Waals surface area contributed by atoms with Crippen LogP contribution in [-0.2, 0) is 0 Å². The number of nitro groups is 1. The summed E-state index contributed by atoms with van der Waals surface area (Å²) in [6, 6.07) is 3.81. The van der Waals surface area contributed by atoms with Crippen LogP contribution < -0.4 is 5.32 Å². The Morgan fingerprint density at radius 3 is 2.83 bits per heavy atom. The van der Waals surface area contributed by atoms with Gasteiger partial charge >= 0.3 is 5.97 Å². The van der Waals surface area contributed by atoms with Gasteiger partial charge in [-0.15, -0.1) is 0 Å². The summed E-state index contributed by atoms with van der Waals surface area (Å²) >= 11 is 0. The Hall–Kier alpha value is -2.37. The van der Waals surface area contributed by atoms with Gasteiger partial charge in [0.1, 0.15) is 5.69 Å². The number of carbonyl (C=O) groups is 1. The molecule has 6 nitrogen and oxygen atoms in total. The lowest BCUT2D eigenvalue weighted by Gasteiger charge is -2.06. The van der Waals surface area contributed by atoms with Crippen molar-refractivity contribution in [1.82, 2.24) is 0 Å². The van der Waals surface area contributed by atoms with Crippen molar-refractivity contribution >= 4 is 17.3 Å². The minimum Gasteiger partial charge on any atom is -0.478 e. The lowest BCUT2D eigenvalue weighted by atomic mass is 10.1. The number of carboxylic acids is 1. The number of allylic oxidation sites excluding steroid dienone is 1. The molecule has 2 N–H and O–H groups in total. The van der Waals surface area contributed by atoms with E-state index in [0.29, 0.717) is 12.2 Å². The SMILES string of the molecule is C/C=C/CCNc1ccc(C(=O)O)cc1[N+](=O)[O-]. The van der Waals surface area contributed by atoms with Crippen LogP contribution in [0.2, 0.25) is 0 Å². The Morgan fingerprint density at radius 1 is 1.56 bits per heavy atom. The third-order valence-electron chi connectivity index (χ3n) is 2.30. The van der Waals surface area contributed by atoms with Gasteiger partial charge in [0.15, 0.2) is 0 Å².